The van der Waals surface area contributed by atoms with Gasteiger partial charge in [0.05, 0.1) is 6.54 Å². The summed E-state index contributed by atoms with van der Waals surface area (Å²) in [5.74, 6) is 1.44. The lowest BCUT2D eigenvalue weighted by Gasteiger charge is -2.39. The summed E-state index contributed by atoms with van der Waals surface area (Å²) in [7, 11) is 0. The molecule has 0 radical (unpaired) electrons. The number of nitrogens with zero attached hydrogens (tertiary/aromatic N) is 7. The number of hydrogen-bond donors (Lipinski definition) is 0. The van der Waals surface area contributed by atoms with E-state index >= 15 is 0 Å². The summed E-state index contributed by atoms with van der Waals surface area (Å²) >= 11 is 1.42. The van der Waals surface area contributed by atoms with Gasteiger partial charge < -0.3 is 14.5 Å². The van der Waals surface area contributed by atoms with Crippen LogP contribution in [0.2, 0.25) is 0 Å². The molecule has 0 spiro atoms. The highest BCUT2D eigenvalue weighted by Crippen LogP contribution is 2.26. The molecule has 38 heavy (non-hydrogen) atoms. The first-order valence-corrected chi connectivity index (χ1v) is 14.2. The Bertz CT molecular complexity index is 1350. The van der Waals surface area contributed by atoms with E-state index in [2.05, 4.69) is 28.4 Å². The highest BCUT2D eigenvalue weighted by Gasteiger charge is 2.30. The third kappa shape index (κ3) is 5.87. The number of thioether (sulfide) groups is 1. The van der Waals surface area contributed by atoms with Crippen LogP contribution in [0.25, 0.3) is 16.9 Å². The van der Waals surface area contributed by atoms with Gasteiger partial charge in [-0.05, 0) is 58.4 Å². The van der Waals surface area contributed by atoms with E-state index in [1.807, 2.05) is 45.2 Å². The fourth-order valence-corrected chi connectivity index (χ4v) is 5.07. The maximum Gasteiger partial charge on any atom is 0.410 e. The average molecular weight is 540 g/mol. The largest absolute Gasteiger partial charge is 0.444 e. The van der Waals surface area contributed by atoms with E-state index in [0.717, 1.165) is 31.6 Å². The van der Waals surface area contributed by atoms with E-state index in [-0.39, 0.29) is 17.7 Å². The summed E-state index contributed by atoms with van der Waals surface area (Å²) in [4.78, 5) is 43.8. The van der Waals surface area contributed by atoms with Gasteiger partial charge in [0.25, 0.3) is 5.56 Å². The molecular weight excluding hydrogens is 502 g/mol. The van der Waals surface area contributed by atoms with Crippen LogP contribution >= 0.6 is 11.8 Å². The number of carbonyl (C=O) groups is 1. The van der Waals surface area contributed by atoms with Crippen LogP contribution in [0.3, 0.4) is 0 Å². The standard InChI is InChI=1S/C27H37N7O3S/c1-7-14-32(19-12-16-31(17-13-19)26(36)37-27(3,4)5)21-10-9-11-22(29-21)34-23-20(18-28-25(30-23)38-6)24(35)33(34)15-8-2/h8-11,18-19H,2,7,12-17H2,1,3-6H3. The molecule has 204 valence electrons. The minimum absolute atomic E-state index is 0.181. The van der Waals surface area contributed by atoms with Crippen LogP contribution in [0.4, 0.5) is 10.6 Å². The monoisotopic (exact) mass is 539 g/mol. The van der Waals surface area contributed by atoms with Crippen molar-refractivity contribution in [2.24, 2.45) is 0 Å². The Morgan fingerprint density at radius 2 is 2.00 bits per heavy atom. The molecule has 3 aromatic heterocycles. The summed E-state index contributed by atoms with van der Waals surface area (Å²) in [5.41, 5.74) is -0.170. The van der Waals surface area contributed by atoms with Crippen LogP contribution in [0.15, 0.2) is 47.0 Å². The van der Waals surface area contributed by atoms with Crippen LogP contribution in [0.1, 0.15) is 47.0 Å². The minimum Gasteiger partial charge on any atom is -0.444 e. The SMILES string of the molecule is C=CCn1c(=O)c2cnc(SC)nc2n1-c1cccc(N(CCC)C2CCN(C(=O)OC(C)(C)C)CC2)n1. The van der Waals surface area contributed by atoms with E-state index in [0.29, 0.717) is 41.6 Å². The zero-order valence-electron chi connectivity index (χ0n) is 22.9. The second-order valence-corrected chi connectivity index (χ2v) is 11.1. The van der Waals surface area contributed by atoms with Gasteiger partial charge in [-0.1, -0.05) is 30.8 Å². The molecule has 1 aliphatic heterocycles. The van der Waals surface area contributed by atoms with Crippen molar-refractivity contribution < 1.29 is 9.53 Å². The Labute approximate surface area is 227 Å². The molecular formula is C27H37N7O3S. The van der Waals surface area contributed by atoms with E-state index < -0.39 is 5.60 Å². The number of fused-ring (bicyclic) bond motifs is 1. The molecule has 0 bridgehead atoms. The molecule has 1 aliphatic rings. The molecule has 0 N–H and O–H groups in total. The average Bonchev–Trinajstić information content (AvgIpc) is 3.17. The first-order valence-electron chi connectivity index (χ1n) is 13.0. The van der Waals surface area contributed by atoms with Crippen LogP contribution in [-0.4, -0.2) is 72.8 Å². The summed E-state index contributed by atoms with van der Waals surface area (Å²) in [6.45, 7) is 14.0. The Hall–Kier alpha value is -3.34. The minimum atomic E-state index is -0.511. The lowest BCUT2D eigenvalue weighted by molar-refractivity contribution is 0.0204. The molecule has 0 unspecified atom stereocenters. The Kier molecular flexibility index (Phi) is 8.44. The highest BCUT2D eigenvalue weighted by molar-refractivity contribution is 7.98. The number of amides is 1. The van der Waals surface area contributed by atoms with E-state index in [1.165, 1.54) is 11.8 Å². The normalized spacial score (nSPS) is 14.6. The van der Waals surface area contributed by atoms with Crippen LogP contribution in [-0.2, 0) is 11.3 Å². The first kappa shape index (κ1) is 27.7. The molecule has 1 fully saturated rings. The van der Waals surface area contributed by atoms with Crippen LogP contribution in [0, 0.1) is 0 Å². The molecule has 11 heteroatoms. The quantitative estimate of drug-likeness (QED) is 0.234. The van der Waals surface area contributed by atoms with Crippen molar-refractivity contribution in [1.82, 2.24) is 29.2 Å². The second kappa shape index (κ2) is 11.6. The van der Waals surface area contributed by atoms with Gasteiger partial charge in [-0.15, -0.1) is 6.58 Å². The van der Waals surface area contributed by atoms with Crippen molar-refractivity contribution in [3.63, 3.8) is 0 Å². The molecule has 1 amide bonds. The number of likely N-dealkylation sites (tertiary alicyclic amines) is 1. The van der Waals surface area contributed by atoms with Gasteiger partial charge >= 0.3 is 6.09 Å². The van der Waals surface area contributed by atoms with Crippen LogP contribution in [0.5, 0.6) is 0 Å². The highest BCUT2D eigenvalue weighted by atomic mass is 32.2. The number of rotatable bonds is 8. The van der Waals surface area contributed by atoms with Gasteiger partial charge in [-0.25, -0.2) is 29.1 Å². The fourth-order valence-electron chi connectivity index (χ4n) is 4.73. The topological polar surface area (TPSA) is 98.4 Å². The summed E-state index contributed by atoms with van der Waals surface area (Å²) in [6, 6.07) is 6.08. The van der Waals surface area contributed by atoms with E-state index in [4.69, 9.17) is 9.72 Å². The number of carbonyl (C=O) groups excluding carboxylic acids is 1. The summed E-state index contributed by atoms with van der Waals surface area (Å²) in [5, 5.41) is 1.03. The van der Waals surface area contributed by atoms with Crippen molar-refractivity contribution in [3.05, 3.63) is 47.4 Å². The second-order valence-electron chi connectivity index (χ2n) is 10.3. The van der Waals surface area contributed by atoms with Gasteiger partial charge in [0.15, 0.2) is 16.6 Å². The fraction of sp³-hybridized carbons (Fsp3) is 0.519. The van der Waals surface area contributed by atoms with Crippen molar-refractivity contribution in [1.29, 1.82) is 0 Å². The summed E-state index contributed by atoms with van der Waals surface area (Å²) in [6.07, 6.45) is 7.51. The molecule has 10 nitrogen and oxygen atoms in total. The zero-order chi connectivity index (χ0) is 27.4. The molecule has 0 atom stereocenters. The number of piperidine rings is 1. The number of ether oxygens (including phenoxy) is 1. The molecule has 1 saturated heterocycles. The van der Waals surface area contributed by atoms with Crippen molar-refractivity contribution in [3.8, 4) is 5.82 Å². The predicted octanol–water partition coefficient (Wildman–Crippen LogP) is 4.50. The molecule has 3 aromatic rings. The van der Waals surface area contributed by atoms with Gasteiger partial charge in [-0.2, -0.15) is 0 Å². The number of hydrogen-bond acceptors (Lipinski definition) is 8. The predicted molar refractivity (Wildman–Crippen MR) is 151 cm³/mol. The van der Waals surface area contributed by atoms with Gasteiger partial charge in [0.2, 0.25) is 0 Å². The molecule has 0 aromatic carbocycles. The first-order chi connectivity index (χ1) is 18.2. The van der Waals surface area contributed by atoms with Gasteiger partial charge in [0, 0.05) is 31.9 Å². The third-order valence-electron chi connectivity index (χ3n) is 6.39. The molecule has 4 heterocycles. The van der Waals surface area contributed by atoms with Crippen molar-refractivity contribution in [2.75, 3.05) is 30.8 Å². The number of allylic oxidation sites excluding steroid dienone is 1. The van der Waals surface area contributed by atoms with Crippen molar-refractivity contribution in [2.45, 2.75) is 70.3 Å². The maximum atomic E-state index is 13.2. The lowest BCUT2D eigenvalue weighted by atomic mass is 10.0. The smallest absolute Gasteiger partial charge is 0.410 e. The molecule has 0 aliphatic carbocycles. The Morgan fingerprint density at radius 1 is 1.26 bits per heavy atom. The summed E-state index contributed by atoms with van der Waals surface area (Å²) < 4.78 is 8.92. The Morgan fingerprint density at radius 3 is 2.63 bits per heavy atom. The van der Waals surface area contributed by atoms with Gasteiger partial charge in [0.1, 0.15) is 16.8 Å². The van der Waals surface area contributed by atoms with E-state index in [9.17, 15) is 9.59 Å². The zero-order valence-corrected chi connectivity index (χ0v) is 23.7. The van der Waals surface area contributed by atoms with E-state index in [1.54, 1.807) is 26.5 Å². The van der Waals surface area contributed by atoms with Gasteiger partial charge in [-0.3, -0.25) is 4.79 Å². The van der Waals surface area contributed by atoms with Crippen molar-refractivity contribution >= 4 is 34.7 Å². The maximum absolute atomic E-state index is 13.2. The molecule has 4 rings (SSSR count). The van der Waals surface area contributed by atoms with Crippen LogP contribution < -0.4 is 10.5 Å². The number of anilines is 1. The number of aromatic nitrogens is 5. The third-order valence-corrected chi connectivity index (χ3v) is 6.95. The number of pyridine rings is 1. The lowest BCUT2D eigenvalue weighted by Crippen LogP contribution is -2.48. The molecule has 0 saturated carbocycles. The Balaban J connectivity index is 1.66.